The van der Waals surface area contributed by atoms with Crippen LogP contribution < -0.4 is 10.6 Å². The first kappa shape index (κ1) is 15.5. The minimum Gasteiger partial charge on any atom is -0.449 e. The average Bonchev–Trinajstić information content (AvgIpc) is 2.37. The summed E-state index contributed by atoms with van der Waals surface area (Å²) >= 11 is 0. The zero-order chi connectivity index (χ0) is 15.3. The third-order valence-electron chi connectivity index (χ3n) is 2.27. The van der Waals surface area contributed by atoms with Gasteiger partial charge in [0.25, 0.3) is 5.91 Å². The molecule has 1 atom stereocenters. The number of rotatable bonds is 3. The topological polar surface area (TPSA) is 84.5 Å². The van der Waals surface area contributed by atoms with E-state index in [2.05, 4.69) is 10.1 Å². The monoisotopic (exact) mass is 286 g/mol. The van der Waals surface area contributed by atoms with Crippen LogP contribution in [0.5, 0.6) is 0 Å². The van der Waals surface area contributed by atoms with E-state index in [1.165, 1.54) is 14.0 Å². The summed E-state index contributed by atoms with van der Waals surface area (Å²) in [5.74, 6) is -3.96. The molecule has 0 bridgehead atoms. The van der Waals surface area contributed by atoms with Gasteiger partial charge >= 0.3 is 12.0 Å². The highest BCUT2D eigenvalue weighted by Gasteiger charge is 2.22. The fraction of sp³-hybridized carbons (Fsp3) is 0.250. The quantitative estimate of drug-likeness (QED) is 0.811. The first-order chi connectivity index (χ1) is 9.35. The molecule has 0 aliphatic carbocycles. The number of halogens is 2. The van der Waals surface area contributed by atoms with Crippen LogP contribution >= 0.6 is 0 Å². The smallest absolute Gasteiger partial charge is 0.341 e. The largest absolute Gasteiger partial charge is 0.449 e. The minimum atomic E-state index is -1.32. The number of carbonyl (C=O) groups is 3. The van der Waals surface area contributed by atoms with Crippen LogP contribution in [0.25, 0.3) is 0 Å². The highest BCUT2D eigenvalue weighted by Crippen LogP contribution is 2.11. The maximum atomic E-state index is 13.3. The number of imide groups is 1. The zero-order valence-electron chi connectivity index (χ0n) is 10.7. The fourth-order valence-electron chi connectivity index (χ4n) is 1.21. The van der Waals surface area contributed by atoms with Gasteiger partial charge in [0, 0.05) is 13.1 Å². The molecule has 0 saturated heterocycles. The second kappa shape index (κ2) is 6.60. The Balaban J connectivity index is 2.70. The first-order valence-corrected chi connectivity index (χ1v) is 5.53. The summed E-state index contributed by atoms with van der Waals surface area (Å²) in [6.45, 7) is 1.21. The molecule has 0 spiro atoms. The van der Waals surface area contributed by atoms with Gasteiger partial charge in [-0.05, 0) is 19.1 Å². The number of ether oxygens (including phenoxy) is 1. The molecule has 0 unspecified atom stereocenters. The van der Waals surface area contributed by atoms with Gasteiger partial charge in [-0.3, -0.25) is 10.1 Å². The summed E-state index contributed by atoms with van der Waals surface area (Å²) < 4.78 is 30.7. The predicted octanol–water partition coefficient (Wildman–Crippen LogP) is 0.966. The molecular formula is C12H12F2N2O4. The minimum absolute atomic E-state index is 0.508. The molecule has 1 rings (SSSR count). The van der Waals surface area contributed by atoms with E-state index in [0.717, 1.165) is 12.1 Å². The lowest BCUT2D eigenvalue weighted by Crippen LogP contribution is -2.43. The second-order valence-electron chi connectivity index (χ2n) is 3.74. The van der Waals surface area contributed by atoms with Crippen LogP contribution in [0, 0.1) is 11.6 Å². The maximum Gasteiger partial charge on any atom is 0.341 e. The Kier molecular flexibility index (Phi) is 5.13. The maximum absolute atomic E-state index is 13.3. The Labute approximate surface area is 113 Å². The Morgan fingerprint density at radius 3 is 2.45 bits per heavy atom. The van der Waals surface area contributed by atoms with Crippen molar-refractivity contribution in [2.75, 3.05) is 7.05 Å². The van der Waals surface area contributed by atoms with Crippen molar-refractivity contribution in [1.29, 1.82) is 0 Å². The average molecular weight is 286 g/mol. The van der Waals surface area contributed by atoms with Crippen LogP contribution in [-0.2, 0) is 9.53 Å². The van der Waals surface area contributed by atoms with Gasteiger partial charge in [0.05, 0.1) is 5.56 Å². The van der Waals surface area contributed by atoms with Gasteiger partial charge in [-0.25, -0.2) is 18.4 Å². The predicted molar refractivity (Wildman–Crippen MR) is 63.8 cm³/mol. The number of hydrogen-bond acceptors (Lipinski definition) is 4. The van der Waals surface area contributed by atoms with Crippen LogP contribution in [-0.4, -0.2) is 31.1 Å². The van der Waals surface area contributed by atoms with Crippen LogP contribution in [0.2, 0.25) is 0 Å². The lowest BCUT2D eigenvalue weighted by molar-refractivity contribution is -0.127. The molecule has 0 heterocycles. The molecule has 0 aliphatic rings. The van der Waals surface area contributed by atoms with Crippen molar-refractivity contribution in [3.05, 3.63) is 35.4 Å². The summed E-state index contributed by atoms with van der Waals surface area (Å²) in [5, 5.41) is 4.03. The van der Waals surface area contributed by atoms with E-state index in [-0.39, 0.29) is 0 Å². The van der Waals surface area contributed by atoms with Crippen LogP contribution in [0.1, 0.15) is 17.3 Å². The van der Waals surface area contributed by atoms with E-state index >= 15 is 0 Å². The molecule has 0 radical (unpaired) electrons. The normalized spacial score (nSPS) is 11.4. The molecule has 8 heteroatoms. The highest BCUT2D eigenvalue weighted by atomic mass is 19.1. The summed E-state index contributed by atoms with van der Waals surface area (Å²) in [6.07, 6.45) is -1.32. The van der Waals surface area contributed by atoms with Crippen molar-refractivity contribution in [1.82, 2.24) is 10.6 Å². The molecule has 1 aromatic rings. The van der Waals surface area contributed by atoms with Gasteiger partial charge in [-0.15, -0.1) is 0 Å². The van der Waals surface area contributed by atoms with Gasteiger partial charge in [-0.1, -0.05) is 0 Å². The van der Waals surface area contributed by atoms with Crippen LogP contribution in [0.4, 0.5) is 13.6 Å². The second-order valence-corrected chi connectivity index (χ2v) is 3.74. The molecule has 108 valence electrons. The molecule has 0 saturated carbocycles. The van der Waals surface area contributed by atoms with E-state index in [0.29, 0.717) is 6.07 Å². The Bertz CT molecular complexity index is 548. The van der Waals surface area contributed by atoms with Crippen LogP contribution in [0.3, 0.4) is 0 Å². The third-order valence-corrected chi connectivity index (χ3v) is 2.27. The van der Waals surface area contributed by atoms with Gasteiger partial charge in [-0.2, -0.15) is 0 Å². The molecule has 0 aromatic heterocycles. The Morgan fingerprint density at radius 1 is 1.25 bits per heavy atom. The van der Waals surface area contributed by atoms with Crippen LogP contribution in [0.15, 0.2) is 18.2 Å². The highest BCUT2D eigenvalue weighted by molar-refractivity contribution is 5.98. The Hall–Kier alpha value is -2.51. The number of benzene rings is 1. The lowest BCUT2D eigenvalue weighted by Gasteiger charge is -2.12. The van der Waals surface area contributed by atoms with Crippen molar-refractivity contribution in [3.8, 4) is 0 Å². The third kappa shape index (κ3) is 4.01. The van der Waals surface area contributed by atoms with Crippen molar-refractivity contribution < 1.29 is 27.9 Å². The summed E-state index contributed by atoms with van der Waals surface area (Å²) in [6, 6.07) is 1.53. The number of urea groups is 1. The van der Waals surface area contributed by atoms with E-state index in [1.54, 1.807) is 0 Å². The summed E-state index contributed by atoms with van der Waals surface area (Å²) in [5.41, 5.74) is -0.508. The van der Waals surface area contributed by atoms with E-state index in [4.69, 9.17) is 0 Å². The van der Waals surface area contributed by atoms with E-state index in [9.17, 15) is 23.2 Å². The van der Waals surface area contributed by atoms with Crippen molar-refractivity contribution in [2.24, 2.45) is 0 Å². The van der Waals surface area contributed by atoms with E-state index < -0.39 is 41.2 Å². The lowest BCUT2D eigenvalue weighted by atomic mass is 10.2. The van der Waals surface area contributed by atoms with Crippen molar-refractivity contribution in [3.63, 3.8) is 0 Å². The number of carbonyl (C=O) groups excluding carboxylic acids is 3. The molecule has 6 nitrogen and oxygen atoms in total. The number of amides is 3. The summed E-state index contributed by atoms with van der Waals surface area (Å²) in [4.78, 5) is 33.9. The molecule has 0 aliphatic heterocycles. The zero-order valence-corrected chi connectivity index (χ0v) is 10.7. The first-order valence-electron chi connectivity index (χ1n) is 5.53. The fourth-order valence-corrected chi connectivity index (χ4v) is 1.21. The molecule has 2 N–H and O–H groups in total. The SMILES string of the molecule is CNC(=O)NC(=O)[C@H](C)OC(=O)c1ccc(F)cc1F. The van der Waals surface area contributed by atoms with E-state index in [1.807, 2.05) is 5.32 Å². The standard InChI is InChI=1S/C12H12F2N2O4/c1-6(10(17)16-12(19)15-2)20-11(18)8-4-3-7(13)5-9(8)14/h3-6H,1-2H3,(H2,15,16,17,19)/t6-/m0/s1. The number of nitrogens with one attached hydrogen (secondary N) is 2. The number of esters is 1. The van der Waals surface area contributed by atoms with Gasteiger partial charge in [0.15, 0.2) is 6.10 Å². The molecule has 0 fully saturated rings. The summed E-state index contributed by atoms with van der Waals surface area (Å²) in [7, 11) is 1.30. The van der Waals surface area contributed by atoms with Gasteiger partial charge in [0.1, 0.15) is 11.6 Å². The Morgan fingerprint density at radius 2 is 1.90 bits per heavy atom. The number of hydrogen-bond donors (Lipinski definition) is 2. The van der Waals surface area contributed by atoms with Gasteiger partial charge < -0.3 is 10.1 Å². The molecular weight excluding hydrogens is 274 g/mol. The van der Waals surface area contributed by atoms with Gasteiger partial charge in [0.2, 0.25) is 0 Å². The van der Waals surface area contributed by atoms with Crippen molar-refractivity contribution >= 4 is 17.9 Å². The molecule has 3 amide bonds. The molecule has 1 aromatic carbocycles. The molecule has 20 heavy (non-hydrogen) atoms. The van der Waals surface area contributed by atoms with Crippen molar-refractivity contribution in [2.45, 2.75) is 13.0 Å².